The SMILES string of the molecule is Cc1cc(-c2noc(N)c2C(C)C)ccc1F. The van der Waals surface area contributed by atoms with Crippen LogP contribution < -0.4 is 5.73 Å². The lowest BCUT2D eigenvalue weighted by Crippen LogP contribution is -1.95. The normalized spacial score (nSPS) is 11.1. The summed E-state index contributed by atoms with van der Waals surface area (Å²) in [6.07, 6.45) is 0. The Kier molecular flexibility index (Phi) is 2.88. The minimum absolute atomic E-state index is 0.210. The molecular weight excluding hydrogens is 219 g/mol. The zero-order valence-corrected chi connectivity index (χ0v) is 10.1. The summed E-state index contributed by atoms with van der Waals surface area (Å²) < 4.78 is 18.2. The molecule has 0 aliphatic heterocycles. The van der Waals surface area contributed by atoms with E-state index in [1.165, 1.54) is 6.07 Å². The van der Waals surface area contributed by atoms with Crippen molar-refractivity contribution in [3.05, 3.63) is 35.1 Å². The smallest absolute Gasteiger partial charge is 0.226 e. The monoisotopic (exact) mass is 234 g/mol. The summed E-state index contributed by atoms with van der Waals surface area (Å²) in [5.74, 6) is 0.315. The molecule has 2 aromatic rings. The number of aryl methyl sites for hydroxylation is 1. The van der Waals surface area contributed by atoms with Gasteiger partial charge in [0.05, 0.1) is 0 Å². The van der Waals surface area contributed by atoms with Crippen molar-refractivity contribution >= 4 is 5.88 Å². The molecule has 2 rings (SSSR count). The van der Waals surface area contributed by atoms with Crippen LogP contribution in [0.4, 0.5) is 10.3 Å². The number of aromatic nitrogens is 1. The summed E-state index contributed by atoms with van der Waals surface area (Å²) in [6, 6.07) is 4.86. The number of halogens is 1. The second-order valence-electron chi connectivity index (χ2n) is 4.43. The van der Waals surface area contributed by atoms with E-state index >= 15 is 0 Å². The highest BCUT2D eigenvalue weighted by atomic mass is 19.1. The number of hydrogen-bond acceptors (Lipinski definition) is 3. The number of rotatable bonds is 2. The van der Waals surface area contributed by atoms with Crippen LogP contribution in [0.15, 0.2) is 22.7 Å². The molecule has 17 heavy (non-hydrogen) atoms. The molecule has 0 amide bonds. The number of benzene rings is 1. The van der Waals surface area contributed by atoms with Gasteiger partial charge in [0.1, 0.15) is 11.5 Å². The molecule has 1 heterocycles. The molecule has 1 aromatic heterocycles. The van der Waals surface area contributed by atoms with Gasteiger partial charge in [0.2, 0.25) is 5.88 Å². The molecular formula is C13H15FN2O. The Hall–Kier alpha value is -1.84. The van der Waals surface area contributed by atoms with Gasteiger partial charge >= 0.3 is 0 Å². The van der Waals surface area contributed by atoms with E-state index in [-0.39, 0.29) is 11.7 Å². The number of nitrogen functional groups attached to an aromatic ring is 1. The summed E-state index contributed by atoms with van der Waals surface area (Å²) in [4.78, 5) is 0. The molecule has 0 atom stereocenters. The summed E-state index contributed by atoms with van der Waals surface area (Å²) in [5, 5.41) is 3.96. The predicted molar refractivity (Wildman–Crippen MR) is 65.1 cm³/mol. The van der Waals surface area contributed by atoms with E-state index in [1.807, 2.05) is 13.8 Å². The molecule has 1 aromatic carbocycles. The highest BCUT2D eigenvalue weighted by Crippen LogP contribution is 2.33. The second-order valence-corrected chi connectivity index (χ2v) is 4.43. The van der Waals surface area contributed by atoms with Crippen molar-refractivity contribution in [3.8, 4) is 11.3 Å². The van der Waals surface area contributed by atoms with Crippen molar-refractivity contribution in [2.45, 2.75) is 26.7 Å². The molecule has 0 fully saturated rings. The molecule has 0 bridgehead atoms. The average molecular weight is 234 g/mol. The number of nitrogens with zero attached hydrogens (tertiary/aromatic N) is 1. The van der Waals surface area contributed by atoms with Gasteiger partial charge in [-0.15, -0.1) is 0 Å². The molecule has 3 nitrogen and oxygen atoms in total. The van der Waals surface area contributed by atoms with E-state index in [4.69, 9.17) is 10.3 Å². The van der Waals surface area contributed by atoms with Gasteiger partial charge in [-0.1, -0.05) is 19.0 Å². The van der Waals surface area contributed by atoms with Gasteiger partial charge in [0.25, 0.3) is 0 Å². The highest BCUT2D eigenvalue weighted by molar-refractivity contribution is 5.68. The van der Waals surface area contributed by atoms with E-state index in [0.29, 0.717) is 17.1 Å². The average Bonchev–Trinajstić information content (AvgIpc) is 2.64. The third-order valence-electron chi connectivity index (χ3n) is 2.76. The summed E-state index contributed by atoms with van der Waals surface area (Å²) in [7, 11) is 0. The van der Waals surface area contributed by atoms with Crippen molar-refractivity contribution < 1.29 is 8.91 Å². The minimum Gasteiger partial charge on any atom is -0.367 e. The Morgan fingerprint density at radius 3 is 2.65 bits per heavy atom. The lowest BCUT2D eigenvalue weighted by atomic mass is 9.98. The number of anilines is 1. The molecule has 4 heteroatoms. The Labute approximate surface area is 99.4 Å². The Morgan fingerprint density at radius 2 is 2.06 bits per heavy atom. The van der Waals surface area contributed by atoms with Crippen LogP contribution in [0.2, 0.25) is 0 Å². The maximum atomic E-state index is 13.2. The van der Waals surface area contributed by atoms with Crippen LogP contribution in [-0.2, 0) is 0 Å². The van der Waals surface area contributed by atoms with Gasteiger partial charge in [0, 0.05) is 11.1 Å². The van der Waals surface area contributed by atoms with Gasteiger partial charge < -0.3 is 10.3 Å². The van der Waals surface area contributed by atoms with Crippen LogP contribution in [0.25, 0.3) is 11.3 Å². The van der Waals surface area contributed by atoms with Crippen molar-refractivity contribution in [3.63, 3.8) is 0 Å². The van der Waals surface area contributed by atoms with Gasteiger partial charge in [-0.05, 0) is 36.6 Å². The molecule has 0 aliphatic carbocycles. The summed E-state index contributed by atoms with van der Waals surface area (Å²) >= 11 is 0. The molecule has 0 radical (unpaired) electrons. The summed E-state index contributed by atoms with van der Waals surface area (Å²) in [6.45, 7) is 5.75. The fourth-order valence-electron chi connectivity index (χ4n) is 1.87. The van der Waals surface area contributed by atoms with Gasteiger partial charge in [-0.2, -0.15) is 0 Å². The van der Waals surface area contributed by atoms with Crippen molar-refractivity contribution in [1.82, 2.24) is 5.16 Å². The maximum Gasteiger partial charge on any atom is 0.226 e. The molecule has 0 unspecified atom stereocenters. The first-order chi connectivity index (χ1) is 8.00. The lowest BCUT2D eigenvalue weighted by molar-refractivity contribution is 0.438. The van der Waals surface area contributed by atoms with E-state index in [9.17, 15) is 4.39 Å². The maximum absolute atomic E-state index is 13.2. The fraction of sp³-hybridized carbons (Fsp3) is 0.308. The molecule has 0 saturated heterocycles. The van der Waals surface area contributed by atoms with Gasteiger partial charge in [-0.3, -0.25) is 0 Å². The second kappa shape index (κ2) is 4.20. The largest absolute Gasteiger partial charge is 0.367 e. The first-order valence-electron chi connectivity index (χ1n) is 5.52. The molecule has 0 aliphatic rings. The van der Waals surface area contributed by atoms with Crippen molar-refractivity contribution in [1.29, 1.82) is 0 Å². The van der Waals surface area contributed by atoms with Crippen LogP contribution in [0, 0.1) is 12.7 Å². The van der Waals surface area contributed by atoms with Crippen LogP contribution in [0.3, 0.4) is 0 Å². The molecule has 90 valence electrons. The quantitative estimate of drug-likeness (QED) is 0.865. The zero-order valence-electron chi connectivity index (χ0n) is 10.1. The minimum atomic E-state index is -0.226. The zero-order chi connectivity index (χ0) is 12.6. The third-order valence-corrected chi connectivity index (χ3v) is 2.76. The fourth-order valence-corrected chi connectivity index (χ4v) is 1.87. The lowest BCUT2D eigenvalue weighted by Gasteiger charge is -2.06. The molecule has 0 spiro atoms. The summed E-state index contributed by atoms with van der Waals surface area (Å²) in [5.41, 5.74) is 8.72. The number of nitrogens with two attached hydrogens (primary N) is 1. The van der Waals surface area contributed by atoms with Crippen LogP contribution in [0.1, 0.15) is 30.9 Å². The Morgan fingerprint density at radius 1 is 1.35 bits per heavy atom. The van der Waals surface area contributed by atoms with Crippen molar-refractivity contribution in [2.24, 2.45) is 0 Å². The number of hydrogen-bond donors (Lipinski definition) is 1. The Bertz CT molecular complexity index is 546. The van der Waals surface area contributed by atoms with Gasteiger partial charge in [-0.25, -0.2) is 4.39 Å². The standard InChI is InChI=1S/C13H15FN2O/c1-7(2)11-12(16-17-13(11)15)9-4-5-10(14)8(3)6-9/h4-7H,15H2,1-3H3. The van der Waals surface area contributed by atoms with Crippen LogP contribution in [0.5, 0.6) is 0 Å². The van der Waals surface area contributed by atoms with Crippen LogP contribution >= 0.6 is 0 Å². The Balaban J connectivity index is 2.56. The van der Waals surface area contributed by atoms with E-state index in [0.717, 1.165) is 11.1 Å². The topological polar surface area (TPSA) is 52.0 Å². The van der Waals surface area contributed by atoms with Gasteiger partial charge in [0.15, 0.2) is 0 Å². The first-order valence-corrected chi connectivity index (χ1v) is 5.52. The third kappa shape index (κ3) is 2.02. The van der Waals surface area contributed by atoms with E-state index in [1.54, 1.807) is 19.1 Å². The van der Waals surface area contributed by atoms with Crippen molar-refractivity contribution in [2.75, 3.05) is 5.73 Å². The van der Waals surface area contributed by atoms with E-state index < -0.39 is 0 Å². The molecule has 2 N–H and O–H groups in total. The molecule has 0 saturated carbocycles. The predicted octanol–water partition coefficient (Wildman–Crippen LogP) is 3.49. The van der Waals surface area contributed by atoms with E-state index in [2.05, 4.69) is 5.16 Å². The first kappa shape index (κ1) is 11.6. The van der Waals surface area contributed by atoms with Crippen LogP contribution in [-0.4, -0.2) is 5.16 Å². The highest BCUT2D eigenvalue weighted by Gasteiger charge is 2.18.